The van der Waals surface area contributed by atoms with Crippen molar-refractivity contribution in [2.75, 3.05) is 26.1 Å². The zero-order chi connectivity index (χ0) is 15.7. The molecule has 0 spiro atoms. The Bertz CT molecular complexity index is 767. The largest absolute Gasteiger partial charge is 0.489 e. The minimum absolute atomic E-state index is 0.194. The van der Waals surface area contributed by atoms with Gasteiger partial charge in [0.1, 0.15) is 12.4 Å². The molecular formula is C17H15NO4. The van der Waals surface area contributed by atoms with Gasteiger partial charge in [-0.3, -0.25) is 9.59 Å². The average molecular weight is 297 g/mol. The standard InChI is InChI=1S/C17H15NO4/c1-21-8-9-22-13-7-6-12-14(15(13)18)17(20)11-5-3-2-4-10(11)16(12)19/h2-7H,8-9,18H2,1H3. The highest BCUT2D eigenvalue weighted by molar-refractivity contribution is 6.30. The zero-order valence-corrected chi connectivity index (χ0v) is 12.1. The van der Waals surface area contributed by atoms with Gasteiger partial charge in [-0.15, -0.1) is 0 Å². The van der Waals surface area contributed by atoms with Gasteiger partial charge in [0, 0.05) is 23.8 Å². The van der Waals surface area contributed by atoms with Gasteiger partial charge >= 0.3 is 0 Å². The van der Waals surface area contributed by atoms with E-state index < -0.39 is 0 Å². The molecule has 0 heterocycles. The number of benzene rings is 2. The third-order valence-corrected chi connectivity index (χ3v) is 3.64. The highest BCUT2D eigenvalue weighted by atomic mass is 16.5. The summed E-state index contributed by atoms with van der Waals surface area (Å²) in [7, 11) is 1.57. The van der Waals surface area contributed by atoms with Crippen LogP contribution in [0.1, 0.15) is 31.8 Å². The van der Waals surface area contributed by atoms with Crippen molar-refractivity contribution in [1.29, 1.82) is 0 Å². The molecule has 22 heavy (non-hydrogen) atoms. The van der Waals surface area contributed by atoms with Crippen molar-refractivity contribution in [2.45, 2.75) is 0 Å². The zero-order valence-electron chi connectivity index (χ0n) is 12.1. The van der Waals surface area contributed by atoms with Gasteiger partial charge in [0.05, 0.1) is 17.9 Å². The molecule has 0 atom stereocenters. The lowest BCUT2D eigenvalue weighted by atomic mass is 9.83. The molecule has 0 unspecified atom stereocenters. The number of carbonyl (C=O) groups excluding carboxylic acids is 2. The number of methoxy groups -OCH3 is 1. The molecule has 112 valence electrons. The summed E-state index contributed by atoms with van der Waals surface area (Å²) in [6.07, 6.45) is 0. The Morgan fingerprint density at radius 2 is 1.59 bits per heavy atom. The summed E-state index contributed by atoms with van der Waals surface area (Å²) >= 11 is 0. The van der Waals surface area contributed by atoms with E-state index in [1.54, 1.807) is 43.5 Å². The number of ether oxygens (including phenoxy) is 2. The monoisotopic (exact) mass is 297 g/mol. The molecule has 1 aliphatic rings. The minimum atomic E-state index is -0.250. The van der Waals surface area contributed by atoms with E-state index >= 15 is 0 Å². The highest BCUT2D eigenvalue weighted by Gasteiger charge is 2.32. The van der Waals surface area contributed by atoms with Crippen molar-refractivity contribution in [1.82, 2.24) is 0 Å². The summed E-state index contributed by atoms with van der Waals surface area (Å²) in [6, 6.07) is 9.95. The Morgan fingerprint density at radius 1 is 0.909 bits per heavy atom. The van der Waals surface area contributed by atoms with Crippen LogP contribution in [-0.2, 0) is 4.74 Å². The molecule has 0 saturated carbocycles. The first-order valence-corrected chi connectivity index (χ1v) is 6.87. The molecule has 1 aliphatic carbocycles. The smallest absolute Gasteiger partial charge is 0.196 e. The van der Waals surface area contributed by atoms with E-state index in [1.807, 2.05) is 0 Å². The summed E-state index contributed by atoms with van der Waals surface area (Å²) in [6.45, 7) is 0.727. The molecule has 2 aromatic carbocycles. The van der Waals surface area contributed by atoms with Crippen molar-refractivity contribution >= 4 is 17.3 Å². The maximum Gasteiger partial charge on any atom is 0.196 e. The van der Waals surface area contributed by atoms with Crippen LogP contribution >= 0.6 is 0 Å². The van der Waals surface area contributed by atoms with Gasteiger partial charge in [0.15, 0.2) is 11.6 Å². The predicted octanol–water partition coefficient (Wildman–Crippen LogP) is 2.07. The van der Waals surface area contributed by atoms with Crippen LogP contribution in [0.2, 0.25) is 0 Å². The Morgan fingerprint density at radius 3 is 2.27 bits per heavy atom. The fraction of sp³-hybridized carbons (Fsp3) is 0.176. The van der Waals surface area contributed by atoms with Gasteiger partial charge in [-0.2, -0.15) is 0 Å². The van der Waals surface area contributed by atoms with Crippen LogP contribution in [0.15, 0.2) is 36.4 Å². The first-order valence-electron chi connectivity index (χ1n) is 6.87. The average Bonchev–Trinajstić information content (AvgIpc) is 2.54. The van der Waals surface area contributed by atoms with Gasteiger partial charge in [-0.1, -0.05) is 24.3 Å². The van der Waals surface area contributed by atoms with Crippen LogP contribution in [0.4, 0.5) is 5.69 Å². The number of carbonyl (C=O) groups is 2. The second-order valence-corrected chi connectivity index (χ2v) is 4.95. The summed E-state index contributed by atoms with van der Waals surface area (Å²) < 4.78 is 10.4. The molecule has 0 radical (unpaired) electrons. The normalized spacial score (nSPS) is 12.8. The maximum absolute atomic E-state index is 12.6. The number of fused-ring (bicyclic) bond motifs is 2. The number of ketones is 2. The quantitative estimate of drug-likeness (QED) is 0.589. The summed E-state index contributed by atoms with van der Waals surface area (Å²) in [5.41, 5.74) is 7.58. The molecule has 0 saturated heterocycles. The summed E-state index contributed by atoms with van der Waals surface area (Å²) in [4.78, 5) is 25.2. The van der Waals surface area contributed by atoms with Crippen molar-refractivity contribution in [3.05, 3.63) is 58.7 Å². The predicted molar refractivity (Wildman–Crippen MR) is 81.5 cm³/mol. The van der Waals surface area contributed by atoms with Crippen LogP contribution in [0.3, 0.4) is 0 Å². The second kappa shape index (κ2) is 5.61. The number of anilines is 1. The molecule has 2 aromatic rings. The fourth-order valence-corrected chi connectivity index (χ4v) is 2.55. The summed E-state index contributed by atoms with van der Waals surface area (Å²) in [5.74, 6) is -0.0587. The minimum Gasteiger partial charge on any atom is -0.489 e. The fourth-order valence-electron chi connectivity index (χ4n) is 2.55. The van der Waals surface area contributed by atoms with Crippen LogP contribution in [0.25, 0.3) is 0 Å². The third-order valence-electron chi connectivity index (χ3n) is 3.64. The van der Waals surface area contributed by atoms with Crippen LogP contribution in [-0.4, -0.2) is 31.9 Å². The number of hydrogen-bond acceptors (Lipinski definition) is 5. The van der Waals surface area contributed by atoms with Gasteiger partial charge in [-0.25, -0.2) is 0 Å². The van der Waals surface area contributed by atoms with Gasteiger partial charge < -0.3 is 15.2 Å². The van der Waals surface area contributed by atoms with Crippen molar-refractivity contribution in [2.24, 2.45) is 0 Å². The molecule has 5 heteroatoms. The van der Waals surface area contributed by atoms with Crippen LogP contribution < -0.4 is 10.5 Å². The number of nitrogen functional groups attached to an aromatic ring is 1. The van der Waals surface area contributed by atoms with Gasteiger partial charge in [0.25, 0.3) is 0 Å². The highest BCUT2D eigenvalue weighted by Crippen LogP contribution is 2.35. The molecule has 0 aromatic heterocycles. The SMILES string of the molecule is COCCOc1ccc2c(c1N)C(=O)c1ccccc1C2=O. The van der Waals surface area contributed by atoms with E-state index in [2.05, 4.69) is 0 Å². The van der Waals surface area contributed by atoms with E-state index in [1.165, 1.54) is 0 Å². The van der Waals surface area contributed by atoms with E-state index in [4.69, 9.17) is 15.2 Å². The van der Waals surface area contributed by atoms with Gasteiger partial charge in [-0.05, 0) is 12.1 Å². The molecule has 0 bridgehead atoms. The van der Waals surface area contributed by atoms with E-state index in [9.17, 15) is 9.59 Å². The van der Waals surface area contributed by atoms with E-state index in [-0.39, 0.29) is 22.8 Å². The second-order valence-electron chi connectivity index (χ2n) is 4.95. The Kier molecular flexibility index (Phi) is 3.65. The number of hydrogen-bond donors (Lipinski definition) is 1. The lowest BCUT2D eigenvalue weighted by Gasteiger charge is -2.20. The first-order chi connectivity index (χ1) is 10.6. The van der Waals surface area contributed by atoms with E-state index in [0.717, 1.165) is 0 Å². The third kappa shape index (κ3) is 2.16. The maximum atomic E-state index is 12.6. The first kappa shape index (κ1) is 14.3. The molecule has 0 amide bonds. The molecule has 2 N–H and O–H groups in total. The molecular weight excluding hydrogens is 282 g/mol. The number of nitrogens with two attached hydrogens (primary N) is 1. The molecule has 0 aliphatic heterocycles. The Labute approximate surface area is 127 Å². The van der Waals surface area contributed by atoms with Crippen molar-refractivity contribution < 1.29 is 19.1 Å². The lowest BCUT2D eigenvalue weighted by molar-refractivity contribution is 0.0979. The molecule has 5 nitrogen and oxygen atoms in total. The Balaban J connectivity index is 2.07. The summed E-state index contributed by atoms with van der Waals surface area (Å²) in [5, 5.41) is 0. The van der Waals surface area contributed by atoms with Crippen molar-refractivity contribution in [3.63, 3.8) is 0 Å². The van der Waals surface area contributed by atoms with Crippen LogP contribution in [0.5, 0.6) is 5.75 Å². The van der Waals surface area contributed by atoms with Gasteiger partial charge in [0.2, 0.25) is 0 Å². The molecule has 0 fully saturated rings. The van der Waals surface area contributed by atoms with E-state index in [0.29, 0.717) is 35.7 Å². The van der Waals surface area contributed by atoms with Crippen molar-refractivity contribution in [3.8, 4) is 5.75 Å². The number of rotatable bonds is 4. The topological polar surface area (TPSA) is 78.6 Å². The Hall–Kier alpha value is -2.66. The van der Waals surface area contributed by atoms with Crippen LogP contribution in [0, 0.1) is 0 Å². The molecule has 3 rings (SSSR count). The lowest BCUT2D eigenvalue weighted by Crippen LogP contribution is -2.22.